The van der Waals surface area contributed by atoms with Crippen molar-refractivity contribution in [1.29, 1.82) is 0 Å². The summed E-state index contributed by atoms with van der Waals surface area (Å²) in [5.74, 6) is 0.514. The molecule has 2 aromatic carbocycles. The van der Waals surface area contributed by atoms with Crippen LogP contribution in [0.3, 0.4) is 0 Å². The molecule has 7 nitrogen and oxygen atoms in total. The number of amides is 2. The Balaban J connectivity index is 1.69. The second-order valence-corrected chi connectivity index (χ2v) is 9.05. The van der Waals surface area contributed by atoms with Gasteiger partial charge in [-0.3, -0.25) is 9.59 Å². The van der Waals surface area contributed by atoms with E-state index in [0.717, 1.165) is 28.8 Å². The molecule has 3 rings (SSSR count). The van der Waals surface area contributed by atoms with Crippen molar-refractivity contribution in [2.45, 2.75) is 51.9 Å². The molecule has 2 amide bonds. The fraction of sp³-hybridized carbons (Fsp3) is 0.308. The lowest BCUT2D eigenvalue weighted by molar-refractivity contribution is -0.113. The highest BCUT2D eigenvalue weighted by Crippen LogP contribution is 2.24. The number of para-hydroxylation sites is 1. The van der Waals surface area contributed by atoms with Gasteiger partial charge in [0.05, 0.1) is 11.8 Å². The zero-order chi connectivity index (χ0) is 24.7. The van der Waals surface area contributed by atoms with E-state index in [9.17, 15) is 9.59 Å². The minimum absolute atomic E-state index is 0.107. The molecule has 0 aliphatic heterocycles. The van der Waals surface area contributed by atoms with E-state index in [1.54, 1.807) is 12.1 Å². The molecule has 0 unspecified atom stereocenters. The maximum absolute atomic E-state index is 12.7. The molecule has 0 aliphatic rings. The quantitative estimate of drug-likeness (QED) is 0.321. The maximum Gasteiger partial charge on any atom is 0.251 e. The largest absolute Gasteiger partial charge is 0.342 e. The standard InChI is InChI=1S/C26H31N5O2S/c1-6-14-31-24(19(5)27-25(33)21-13-8-10-17(3)15-21)29-30-26(31)34-16-22(32)28-23-18(4)11-9-12-20(23)7-2/h6,8-13,15,19H,1,7,14,16H2,2-5H3,(H,27,33)(H,28,32)/t19-/m0/s1. The van der Waals surface area contributed by atoms with Crippen LogP contribution in [0.25, 0.3) is 0 Å². The fourth-order valence-electron chi connectivity index (χ4n) is 3.67. The molecule has 8 heteroatoms. The van der Waals surface area contributed by atoms with Crippen LogP contribution >= 0.6 is 11.8 Å². The smallest absolute Gasteiger partial charge is 0.251 e. The summed E-state index contributed by atoms with van der Waals surface area (Å²) in [5.41, 5.74) is 4.62. The third kappa shape index (κ3) is 6.14. The number of aryl methyl sites for hydroxylation is 3. The van der Waals surface area contributed by atoms with Crippen molar-refractivity contribution in [1.82, 2.24) is 20.1 Å². The third-order valence-electron chi connectivity index (χ3n) is 5.41. The number of nitrogens with zero attached hydrogens (tertiary/aromatic N) is 3. The van der Waals surface area contributed by atoms with Gasteiger partial charge in [0, 0.05) is 17.8 Å². The van der Waals surface area contributed by atoms with Crippen LogP contribution in [-0.2, 0) is 17.8 Å². The predicted molar refractivity (Wildman–Crippen MR) is 137 cm³/mol. The van der Waals surface area contributed by atoms with Crippen molar-refractivity contribution in [2.24, 2.45) is 0 Å². The molecular weight excluding hydrogens is 446 g/mol. The van der Waals surface area contributed by atoms with Gasteiger partial charge in [-0.25, -0.2) is 0 Å². The number of anilines is 1. The van der Waals surface area contributed by atoms with E-state index in [1.165, 1.54) is 11.8 Å². The van der Waals surface area contributed by atoms with E-state index in [2.05, 4.69) is 34.3 Å². The second kappa shape index (κ2) is 11.7. The van der Waals surface area contributed by atoms with E-state index < -0.39 is 0 Å². The summed E-state index contributed by atoms with van der Waals surface area (Å²) in [6.07, 6.45) is 2.58. The number of rotatable bonds is 10. The third-order valence-corrected chi connectivity index (χ3v) is 6.38. The Kier molecular flexibility index (Phi) is 8.65. The Morgan fingerprint density at radius 1 is 1.18 bits per heavy atom. The van der Waals surface area contributed by atoms with Crippen LogP contribution in [0.5, 0.6) is 0 Å². The molecule has 0 bridgehead atoms. The molecule has 0 saturated heterocycles. The number of hydrogen-bond donors (Lipinski definition) is 2. The van der Waals surface area contributed by atoms with Crippen molar-refractivity contribution >= 4 is 29.3 Å². The van der Waals surface area contributed by atoms with E-state index in [-0.39, 0.29) is 23.6 Å². The summed E-state index contributed by atoms with van der Waals surface area (Å²) in [5, 5.41) is 15.2. The number of hydrogen-bond acceptors (Lipinski definition) is 5. The molecule has 2 N–H and O–H groups in total. The average molecular weight is 478 g/mol. The highest BCUT2D eigenvalue weighted by Gasteiger charge is 2.21. The SMILES string of the molecule is C=CCn1c(SCC(=O)Nc2c(C)cccc2CC)nnc1[C@H](C)NC(=O)c1cccc(C)c1. The number of thioether (sulfide) groups is 1. The van der Waals surface area contributed by atoms with Crippen molar-refractivity contribution in [2.75, 3.05) is 11.1 Å². The van der Waals surface area contributed by atoms with Gasteiger partial charge in [0.25, 0.3) is 5.91 Å². The molecule has 0 aliphatic carbocycles. The highest BCUT2D eigenvalue weighted by molar-refractivity contribution is 7.99. The van der Waals surface area contributed by atoms with Crippen LogP contribution in [0.1, 0.15) is 52.8 Å². The van der Waals surface area contributed by atoms with Crippen LogP contribution in [-0.4, -0.2) is 32.3 Å². The van der Waals surface area contributed by atoms with Crippen LogP contribution in [0.15, 0.2) is 60.3 Å². The number of aromatic nitrogens is 3. The van der Waals surface area contributed by atoms with Gasteiger partial charge in [0.15, 0.2) is 11.0 Å². The summed E-state index contributed by atoms with van der Waals surface area (Å²) >= 11 is 1.31. The highest BCUT2D eigenvalue weighted by atomic mass is 32.2. The average Bonchev–Trinajstić information content (AvgIpc) is 3.22. The first kappa shape index (κ1) is 25.2. The Morgan fingerprint density at radius 3 is 2.65 bits per heavy atom. The lowest BCUT2D eigenvalue weighted by atomic mass is 10.1. The van der Waals surface area contributed by atoms with Gasteiger partial charge in [-0.15, -0.1) is 16.8 Å². The van der Waals surface area contributed by atoms with E-state index in [4.69, 9.17) is 0 Å². The van der Waals surface area contributed by atoms with Gasteiger partial charge in [-0.2, -0.15) is 0 Å². The number of nitrogens with one attached hydrogen (secondary N) is 2. The van der Waals surface area contributed by atoms with E-state index >= 15 is 0 Å². The summed E-state index contributed by atoms with van der Waals surface area (Å²) in [4.78, 5) is 25.4. The summed E-state index contributed by atoms with van der Waals surface area (Å²) < 4.78 is 1.87. The Bertz CT molecular complexity index is 1190. The first-order valence-electron chi connectivity index (χ1n) is 11.3. The minimum Gasteiger partial charge on any atom is -0.342 e. The van der Waals surface area contributed by atoms with Crippen LogP contribution in [0, 0.1) is 13.8 Å². The second-order valence-electron chi connectivity index (χ2n) is 8.10. The van der Waals surface area contributed by atoms with Gasteiger partial charge in [-0.1, -0.05) is 60.7 Å². The van der Waals surface area contributed by atoms with Gasteiger partial charge >= 0.3 is 0 Å². The summed E-state index contributed by atoms with van der Waals surface area (Å²) in [6, 6.07) is 13.1. The number of carbonyl (C=O) groups is 2. The predicted octanol–water partition coefficient (Wildman–Crippen LogP) is 4.87. The zero-order valence-electron chi connectivity index (χ0n) is 20.1. The normalized spacial score (nSPS) is 11.6. The van der Waals surface area contributed by atoms with Crippen molar-refractivity contribution in [3.63, 3.8) is 0 Å². The molecule has 0 spiro atoms. The summed E-state index contributed by atoms with van der Waals surface area (Å²) in [6.45, 7) is 12.2. The van der Waals surface area contributed by atoms with E-state index in [0.29, 0.717) is 23.1 Å². The lowest BCUT2D eigenvalue weighted by Gasteiger charge is -2.16. The maximum atomic E-state index is 12.7. The lowest BCUT2D eigenvalue weighted by Crippen LogP contribution is -2.29. The molecule has 0 saturated carbocycles. The van der Waals surface area contributed by atoms with Crippen LogP contribution in [0.2, 0.25) is 0 Å². The Labute approximate surface area is 205 Å². The molecule has 1 atom stereocenters. The molecule has 1 aromatic heterocycles. The molecular formula is C26H31N5O2S. The van der Waals surface area contributed by atoms with Gasteiger partial charge in [0.2, 0.25) is 5.91 Å². The molecule has 1 heterocycles. The monoisotopic (exact) mass is 477 g/mol. The number of benzene rings is 2. The first-order valence-corrected chi connectivity index (χ1v) is 12.2. The minimum atomic E-state index is -0.372. The summed E-state index contributed by atoms with van der Waals surface area (Å²) in [7, 11) is 0. The number of carbonyl (C=O) groups excluding carboxylic acids is 2. The van der Waals surface area contributed by atoms with Gasteiger partial charge in [-0.05, 0) is 50.5 Å². The first-order chi connectivity index (χ1) is 16.3. The number of allylic oxidation sites excluding steroid dienone is 1. The molecule has 178 valence electrons. The van der Waals surface area contributed by atoms with Crippen LogP contribution in [0.4, 0.5) is 5.69 Å². The van der Waals surface area contributed by atoms with Crippen molar-refractivity contribution in [3.8, 4) is 0 Å². The Morgan fingerprint density at radius 2 is 1.94 bits per heavy atom. The molecule has 3 aromatic rings. The zero-order valence-corrected chi connectivity index (χ0v) is 20.9. The van der Waals surface area contributed by atoms with Crippen molar-refractivity contribution < 1.29 is 9.59 Å². The van der Waals surface area contributed by atoms with Crippen LogP contribution < -0.4 is 10.6 Å². The van der Waals surface area contributed by atoms with Gasteiger partial charge < -0.3 is 15.2 Å². The molecule has 34 heavy (non-hydrogen) atoms. The topological polar surface area (TPSA) is 88.9 Å². The molecule has 0 radical (unpaired) electrons. The molecule has 0 fully saturated rings. The van der Waals surface area contributed by atoms with E-state index in [1.807, 2.05) is 61.7 Å². The van der Waals surface area contributed by atoms with Gasteiger partial charge in [0.1, 0.15) is 0 Å². The van der Waals surface area contributed by atoms with Crippen molar-refractivity contribution in [3.05, 3.63) is 83.2 Å². The Hall–Kier alpha value is -3.39. The fourth-order valence-corrected chi connectivity index (χ4v) is 4.42.